The van der Waals surface area contributed by atoms with Gasteiger partial charge in [-0.25, -0.2) is 4.99 Å². The number of hydrogen-bond donors (Lipinski definition) is 2. The van der Waals surface area contributed by atoms with E-state index in [2.05, 4.69) is 59.5 Å². The molecule has 0 aliphatic carbocycles. The Morgan fingerprint density at radius 1 is 1.07 bits per heavy atom. The second-order valence-electron chi connectivity index (χ2n) is 8.74. The predicted octanol–water partition coefficient (Wildman–Crippen LogP) is 3.01. The van der Waals surface area contributed by atoms with Gasteiger partial charge in [-0.3, -0.25) is 9.69 Å². The summed E-state index contributed by atoms with van der Waals surface area (Å²) in [5, 5.41) is 6.74. The number of halogens is 1. The molecule has 2 aliphatic heterocycles. The number of guanidine groups is 1. The third-order valence-electron chi connectivity index (χ3n) is 6.10. The zero-order chi connectivity index (χ0) is 20.7. The molecule has 1 fully saturated rings. The van der Waals surface area contributed by atoms with E-state index in [1.807, 2.05) is 11.0 Å². The number of amides is 1. The summed E-state index contributed by atoms with van der Waals surface area (Å²) >= 11 is 0. The number of rotatable bonds is 6. The Labute approximate surface area is 198 Å². The van der Waals surface area contributed by atoms with Crippen LogP contribution in [0.15, 0.2) is 29.3 Å². The smallest absolute Gasteiger partial charge is 0.244 e. The minimum absolute atomic E-state index is 0. The van der Waals surface area contributed by atoms with Crippen LogP contribution in [0.1, 0.15) is 51.2 Å². The summed E-state index contributed by atoms with van der Waals surface area (Å²) in [6, 6.07) is 8.39. The number of carbonyl (C=O) groups is 1. The van der Waals surface area contributed by atoms with Crippen molar-refractivity contribution in [2.75, 3.05) is 39.3 Å². The Bertz CT molecular complexity index is 715. The molecule has 168 valence electrons. The highest BCUT2D eigenvalue weighted by molar-refractivity contribution is 14.0. The van der Waals surface area contributed by atoms with E-state index in [9.17, 15) is 4.79 Å². The van der Waals surface area contributed by atoms with Crippen molar-refractivity contribution in [3.63, 3.8) is 0 Å². The Hall–Kier alpha value is -1.35. The summed E-state index contributed by atoms with van der Waals surface area (Å²) in [5.41, 5.74) is 2.68. The number of nitrogens with zero attached hydrogens (tertiary/aromatic N) is 3. The lowest BCUT2D eigenvalue weighted by molar-refractivity contribution is -0.130. The van der Waals surface area contributed by atoms with Crippen LogP contribution < -0.4 is 10.6 Å². The molecule has 1 aromatic carbocycles. The highest BCUT2D eigenvalue weighted by atomic mass is 127. The number of carbonyl (C=O) groups excluding carboxylic acids is 1. The number of nitrogens with one attached hydrogen (secondary N) is 2. The van der Waals surface area contributed by atoms with Gasteiger partial charge in [-0.2, -0.15) is 0 Å². The van der Waals surface area contributed by atoms with Gasteiger partial charge in [-0.05, 0) is 64.3 Å². The molecular weight excluding hydrogens is 489 g/mol. The molecule has 0 bridgehead atoms. The van der Waals surface area contributed by atoms with Crippen LogP contribution in [0.2, 0.25) is 0 Å². The lowest BCUT2D eigenvalue weighted by Crippen LogP contribution is -2.55. The number of hydrogen-bond acceptors (Lipinski definition) is 3. The van der Waals surface area contributed by atoms with Crippen molar-refractivity contribution in [1.29, 1.82) is 0 Å². The van der Waals surface area contributed by atoms with Crippen molar-refractivity contribution >= 4 is 35.8 Å². The molecular formula is C23H38IN5O. The Balaban J connectivity index is 0.00000320. The largest absolute Gasteiger partial charge is 0.357 e. The average Bonchev–Trinajstić information content (AvgIpc) is 2.75. The van der Waals surface area contributed by atoms with Gasteiger partial charge in [0.2, 0.25) is 5.91 Å². The molecule has 0 saturated carbocycles. The highest BCUT2D eigenvalue weighted by Gasteiger charge is 2.28. The van der Waals surface area contributed by atoms with Gasteiger partial charge in [0.05, 0.1) is 0 Å². The lowest BCUT2D eigenvalue weighted by Gasteiger charge is -2.41. The Morgan fingerprint density at radius 3 is 2.47 bits per heavy atom. The van der Waals surface area contributed by atoms with Gasteiger partial charge in [0.25, 0.3) is 0 Å². The number of piperidine rings is 1. The fourth-order valence-electron chi connectivity index (χ4n) is 4.21. The van der Waals surface area contributed by atoms with E-state index in [1.54, 1.807) is 0 Å². The zero-order valence-corrected chi connectivity index (χ0v) is 21.1. The van der Waals surface area contributed by atoms with E-state index in [-0.39, 0.29) is 42.0 Å². The second kappa shape index (κ2) is 11.9. The van der Waals surface area contributed by atoms with Crippen molar-refractivity contribution in [1.82, 2.24) is 20.4 Å². The van der Waals surface area contributed by atoms with Crippen LogP contribution in [0.25, 0.3) is 0 Å². The molecule has 0 radical (unpaired) electrons. The maximum Gasteiger partial charge on any atom is 0.244 e. The summed E-state index contributed by atoms with van der Waals surface area (Å²) in [5.74, 6) is 0.815. The zero-order valence-electron chi connectivity index (χ0n) is 18.7. The first-order chi connectivity index (χ1) is 14.0. The summed E-state index contributed by atoms with van der Waals surface area (Å²) < 4.78 is 0. The van der Waals surface area contributed by atoms with E-state index >= 15 is 0 Å². The normalized spacial score (nSPS) is 17.7. The standard InChI is InChI=1S/C23H37N5O.HI/c1-4-24-22(26-18-23(2,3)28-13-8-5-9-14-28)25-16-21(29)27-15-12-19-10-6-7-11-20(19)17-27;/h6-7,10-11H,4-5,8-9,12-18H2,1-3H3,(H2,24,25,26);1H. The highest BCUT2D eigenvalue weighted by Crippen LogP contribution is 2.20. The molecule has 7 heteroatoms. The number of benzene rings is 1. The van der Waals surface area contributed by atoms with Crippen molar-refractivity contribution in [2.24, 2.45) is 4.99 Å². The van der Waals surface area contributed by atoms with E-state index in [0.29, 0.717) is 6.54 Å². The van der Waals surface area contributed by atoms with Crippen molar-refractivity contribution in [3.8, 4) is 0 Å². The lowest BCUT2D eigenvalue weighted by atomic mass is 9.98. The van der Waals surface area contributed by atoms with Crippen LogP contribution in [0.4, 0.5) is 0 Å². The van der Waals surface area contributed by atoms with Gasteiger partial charge in [0, 0.05) is 31.7 Å². The minimum atomic E-state index is 0. The first-order valence-corrected chi connectivity index (χ1v) is 11.1. The number of aliphatic imine (C=N–C) groups is 1. The maximum absolute atomic E-state index is 12.7. The Kier molecular flexibility index (Phi) is 9.87. The average molecular weight is 527 g/mol. The van der Waals surface area contributed by atoms with E-state index in [0.717, 1.165) is 45.1 Å². The van der Waals surface area contributed by atoms with E-state index in [1.165, 1.54) is 30.4 Å². The first-order valence-electron chi connectivity index (χ1n) is 11.1. The maximum atomic E-state index is 12.7. The van der Waals surface area contributed by atoms with Crippen LogP contribution in [0, 0.1) is 0 Å². The van der Waals surface area contributed by atoms with Crippen LogP contribution >= 0.6 is 24.0 Å². The molecule has 0 aromatic heterocycles. The molecule has 1 amide bonds. The summed E-state index contributed by atoms with van der Waals surface area (Å²) in [6.45, 7) is 12.2. The molecule has 0 spiro atoms. The molecule has 1 saturated heterocycles. The monoisotopic (exact) mass is 527 g/mol. The second-order valence-corrected chi connectivity index (χ2v) is 8.74. The van der Waals surface area contributed by atoms with Gasteiger partial charge in [0.15, 0.2) is 5.96 Å². The van der Waals surface area contributed by atoms with E-state index in [4.69, 9.17) is 0 Å². The van der Waals surface area contributed by atoms with Crippen molar-refractivity contribution in [2.45, 2.75) is 58.5 Å². The van der Waals surface area contributed by atoms with Gasteiger partial charge in [0.1, 0.15) is 6.54 Å². The van der Waals surface area contributed by atoms with Crippen LogP contribution in [0.5, 0.6) is 0 Å². The molecule has 2 N–H and O–H groups in total. The number of fused-ring (bicyclic) bond motifs is 1. The van der Waals surface area contributed by atoms with Gasteiger partial charge in [-0.15, -0.1) is 24.0 Å². The molecule has 2 heterocycles. The fraction of sp³-hybridized carbons (Fsp3) is 0.652. The fourth-order valence-corrected chi connectivity index (χ4v) is 4.21. The minimum Gasteiger partial charge on any atom is -0.357 e. The molecule has 2 aliphatic rings. The molecule has 0 unspecified atom stereocenters. The van der Waals surface area contributed by atoms with Crippen molar-refractivity contribution < 1.29 is 4.79 Å². The molecule has 3 rings (SSSR count). The SMILES string of the molecule is CCNC(=NCC(=O)N1CCc2ccccc2C1)NCC(C)(C)N1CCCCC1.I. The van der Waals surface area contributed by atoms with Crippen LogP contribution in [-0.4, -0.2) is 66.5 Å². The van der Waals surface area contributed by atoms with Gasteiger partial charge < -0.3 is 15.5 Å². The van der Waals surface area contributed by atoms with E-state index < -0.39 is 0 Å². The molecule has 1 aromatic rings. The summed E-state index contributed by atoms with van der Waals surface area (Å²) in [7, 11) is 0. The van der Waals surface area contributed by atoms with Gasteiger partial charge in [-0.1, -0.05) is 30.7 Å². The molecule has 6 nitrogen and oxygen atoms in total. The Morgan fingerprint density at radius 2 is 1.77 bits per heavy atom. The topological polar surface area (TPSA) is 60.0 Å². The van der Waals surface area contributed by atoms with Gasteiger partial charge >= 0.3 is 0 Å². The third-order valence-corrected chi connectivity index (χ3v) is 6.10. The summed E-state index contributed by atoms with van der Waals surface area (Å²) in [4.78, 5) is 21.8. The van der Waals surface area contributed by atoms with Crippen LogP contribution in [0.3, 0.4) is 0 Å². The summed E-state index contributed by atoms with van der Waals surface area (Å²) in [6.07, 6.45) is 4.83. The first kappa shape index (κ1) is 24.9. The molecule has 0 atom stereocenters. The number of likely N-dealkylation sites (tertiary alicyclic amines) is 1. The predicted molar refractivity (Wildman–Crippen MR) is 134 cm³/mol. The quantitative estimate of drug-likeness (QED) is 0.340. The third kappa shape index (κ3) is 6.83. The van der Waals surface area contributed by atoms with Crippen LogP contribution in [-0.2, 0) is 17.8 Å². The van der Waals surface area contributed by atoms with Crippen molar-refractivity contribution in [3.05, 3.63) is 35.4 Å². The molecule has 30 heavy (non-hydrogen) atoms.